The highest BCUT2D eigenvalue weighted by Crippen LogP contribution is 2.37. The summed E-state index contributed by atoms with van der Waals surface area (Å²) < 4.78 is 6.87. The fourth-order valence-corrected chi connectivity index (χ4v) is 8.84. The molecule has 0 amide bonds. The summed E-state index contributed by atoms with van der Waals surface area (Å²) in [5.41, 5.74) is 0. The van der Waals surface area contributed by atoms with Crippen LogP contribution in [0.5, 0.6) is 0 Å². The Bertz CT molecular complexity index is 719. The molecular weight excluding hydrogens is 354 g/mol. The molecule has 0 unspecified atom stereocenters. The molecule has 0 radical (unpaired) electrons. The normalized spacial score (nSPS) is 20.6. The summed E-state index contributed by atoms with van der Waals surface area (Å²) in [5, 5.41) is 14.9. The van der Waals surface area contributed by atoms with Crippen molar-refractivity contribution in [1.29, 1.82) is 0 Å². The molecule has 2 aromatic carbocycles. The fourth-order valence-electron chi connectivity index (χ4n) is 4.22. The maximum absolute atomic E-state index is 11.6. The van der Waals surface area contributed by atoms with Crippen LogP contribution in [0.2, 0.25) is 5.04 Å². The summed E-state index contributed by atoms with van der Waals surface area (Å²) in [6.45, 7) is 7.89. The Morgan fingerprint density at radius 3 is 2.04 bits per heavy atom. The number of rotatable bonds is 6. The first-order valence-corrected chi connectivity index (χ1v) is 11.5. The van der Waals surface area contributed by atoms with Crippen LogP contribution in [0.4, 0.5) is 0 Å². The highest BCUT2D eigenvalue weighted by atomic mass is 28.4. The van der Waals surface area contributed by atoms with E-state index in [2.05, 4.69) is 74.6 Å². The Morgan fingerprint density at radius 2 is 1.59 bits per heavy atom. The largest absolute Gasteiger partial charge is 0.480 e. The summed E-state index contributed by atoms with van der Waals surface area (Å²) in [5.74, 6) is -0.798. The van der Waals surface area contributed by atoms with Crippen LogP contribution in [-0.2, 0) is 9.22 Å². The summed E-state index contributed by atoms with van der Waals surface area (Å²) in [7, 11) is -2.60. The molecule has 2 aromatic rings. The second kappa shape index (κ2) is 7.96. The Kier molecular flexibility index (Phi) is 5.84. The lowest BCUT2D eigenvalue weighted by Gasteiger charge is -2.43. The van der Waals surface area contributed by atoms with Gasteiger partial charge in [-0.2, -0.15) is 0 Å². The van der Waals surface area contributed by atoms with Crippen LogP contribution in [0, 0.1) is 5.92 Å². The molecule has 3 rings (SSSR count). The monoisotopic (exact) mass is 383 g/mol. The molecule has 1 aliphatic rings. The van der Waals surface area contributed by atoms with E-state index in [0.29, 0.717) is 6.61 Å². The molecule has 1 aliphatic heterocycles. The molecule has 4 nitrogen and oxygen atoms in total. The Balaban J connectivity index is 2.03. The van der Waals surface area contributed by atoms with E-state index >= 15 is 0 Å². The molecule has 1 saturated heterocycles. The first-order valence-electron chi connectivity index (χ1n) is 9.57. The van der Waals surface area contributed by atoms with Crippen molar-refractivity contribution < 1.29 is 14.3 Å². The minimum absolute atomic E-state index is 0.0100. The van der Waals surface area contributed by atoms with Gasteiger partial charge in [0.25, 0.3) is 8.32 Å². The maximum atomic E-state index is 11.6. The number of hydrogen-bond acceptors (Lipinski definition) is 3. The summed E-state index contributed by atoms with van der Waals surface area (Å²) >= 11 is 0. The standard InChI is InChI=1S/C22H29NO3Si/c1-22(2,3)27(18-10-6-4-7-11-18,19-12-8-5-9-13-19)26-16-17-14-15-23-20(17)21(24)25/h4-13,17,20,23H,14-16H2,1-3H3,(H,24,25)/t17-,20-/m0/s1. The van der Waals surface area contributed by atoms with Crippen molar-refractivity contribution in [2.24, 2.45) is 5.92 Å². The van der Waals surface area contributed by atoms with Crippen LogP contribution < -0.4 is 15.7 Å². The molecule has 1 heterocycles. The van der Waals surface area contributed by atoms with Crippen molar-refractivity contribution in [2.45, 2.75) is 38.3 Å². The highest BCUT2D eigenvalue weighted by Gasteiger charge is 2.51. The second-order valence-electron chi connectivity index (χ2n) is 8.29. The zero-order chi connectivity index (χ0) is 19.5. The summed E-state index contributed by atoms with van der Waals surface area (Å²) in [6, 6.07) is 20.4. The number of carboxylic acids is 1. The fraction of sp³-hybridized carbons (Fsp3) is 0.409. The van der Waals surface area contributed by atoms with E-state index in [0.717, 1.165) is 13.0 Å². The van der Waals surface area contributed by atoms with E-state index in [1.165, 1.54) is 10.4 Å². The SMILES string of the molecule is CC(C)(C)[Si](OC[C@@H]1CCN[C@@H]1C(=O)O)(c1ccccc1)c1ccccc1. The van der Waals surface area contributed by atoms with Crippen molar-refractivity contribution in [3.8, 4) is 0 Å². The molecule has 0 aliphatic carbocycles. The third-order valence-electron chi connectivity index (χ3n) is 5.55. The van der Waals surface area contributed by atoms with E-state index in [4.69, 9.17) is 4.43 Å². The quantitative estimate of drug-likeness (QED) is 0.753. The minimum atomic E-state index is -2.60. The molecule has 0 bridgehead atoms. The molecular formula is C22H29NO3Si. The predicted molar refractivity (Wildman–Crippen MR) is 111 cm³/mol. The van der Waals surface area contributed by atoms with Gasteiger partial charge in [-0.1, -0.05) is 81.4 Å². The zero-order valence-electron chi connectivity index (χ0n) is 16.3. The van der Waals surface area contributed by atoms with Gasteiger partial charge in [0.2, 0.25) is 0 Å². The molecule has 27 heavy (non-hydrogen) atoms. The van der Waals surface area contributed by atoms with Gasteiger partial charge in [0.15, 0.2) is 0 Å². The first-order chi connectivity index (χ1) is 12.9. The van der Waals surface area contributed by atoms with Crippen LogP contribution in [0.1, 0.15) is 27.2 Å². The van der Waals surface area contributed by atoms with E-state index in [1.54, 1.807) is 0 Å². The molecule has 2 N–H and O–H groups in total. The molecule has 5 heteroatoms. The molecule has 0 saturated carbocycles. The van der Waals surface area contributed by atoms with E-state index in [1.807, 2.05) is 12.1 Å². The van der Waals surface area contributed by atoms with Crippen LogP contribution >= 0.6 is 0 Å². The lowest BCUT2D eigenvalue weighted by molar-refractivity contribution is -0.140. The Hall–Kier alpha value is -1.95. The number of aliphatic carboxylic acids is 1. The Labute approximate surface area is 162 Å². The van der Waals surface area contributed by atoms with Crippen molar-refractivity contribution in [3.63, 3.8) is 0 Å². The number of nitrogens with one attached hydrogen (secondary N) is 1. The van der Waals surface area contributed by atoms with Crippen LogP contribution in [-0.4, -0.2) is 38.6 Å². The van der Waals surface area contributed by atoms with E-state index in [-0.39, 0.29) is 11.0 Å². The first kappa shape index (κ1) is 19.8. The third kappa shape index (κ3) is 3.86. The lowest BCUT2D eigenvalue weighted by Crippen LogP contribution is -2.67. The van der Waals surface area contributed by atoms with Crippen molar-refractivity contribution >= 4 is 24.7 Å². The van der Waals surface area contributed by atoms with E-state index in [9.17, 15) is 9.90 Å². The topological polar surface area (TPSA) is 58.6 Å². The van der Waals surface area contributed by atoms with Crippen molar-refractivity contribution in [1.82, 2.24) is 5.32 Å². The smallest absolute Gasteiger partial charge is 0.321 e. The van der Waals surface area contributed by atoms with Gasteiger partial charge in [0.05, 0.1) is 0 Å². The number of carboxylic acid groups (broad SMARTS) is 1. The number of carbonyl (C=O) groups is 1. The van der Waals surface area contributed by atoms with Gasteiger partial charge >= 0.3 is 5.97 Å². The highest BCUT2D eigenvalue weighted by molar-refractivity contribution is 6.99. The molecule has 1 fully saturated rings. The van der Waals surface area contributed by atoms with Crippen LogP contribution in [0.15, 0.2) is 60.7 Å². The maximum Gasteiger partial charge on any atom is 0.321 e. The van der Waals surface area contributed by atoms with Crippen molar-refractivity contribution in [2.75, 3.05) is 13.2 Å². The van der Waals surface area contributed by atoms with Gasteiger partial charge in [-0.25, -0.2) is 0 Å². The van der Waals surface area contributed by atoms with Gasteiger partial charge < -0.3 is 14.8 Å². The van der Waals surface area contributed by atoms with Crippen LogP contribution in [0.25, 0.3) is 0 Å². The predicted octanol–water partition coefficient (Wildman–Crippen LogP) is 2.63. The van der Waals surface area contributed by atoms with E-state index < -0.39 is 20.3 Å². The average molecular weight is 384 g/mol. The number of benzene rings is 2. The molecule has 0 spiro atoms. The number of hydrogen-bond donors (Lipinski definition) is 2. The van der Waals surface area contributed by atoms with Gasteiger partial charge in [-0.3, -0.25) is 4.79 Å². The minimum Gasteiger partial charge on any atom is -0.480 e. The van der Waals surface area contributed by atoms with Crippen molar-refractivity contribution in [3.05, 3.63) is 60.7 Å². The lowest BCUT2D eigenvalue weighted by atomic mass is 10.0. The van der Waals surface area contributed by atoms with Gasteiger partial charge in [0, 0.05) is 12.5 Å². The zero-order valence-corrected chi connectivity index (χ0v) is 17.3. The second-order valence-corrected chi connectivity index (χ2v) is 12.6. The van der Waals surface area contributed by atoms with Gasteiger partial charge in [0.1, 0.15) is 6.04 Å². The summed E-state index contributed by atoms with van der Waals surface area (Å²) in [4.78, 5) is 11.6. The Morgan fingerprint density at radius 1 is 1.07 bits per heavy atom. The third-order valence-corrected chi connectivity index (χ3v) is 10.6. The molecule has 0 aromatic heterocycles. The van der Waals surface area contributed by atoms with Gasteiger partial charge in [-0.05, 0) is 28.4 Å². The molecule has 2 atom stereocenters. The summed E-state index contributed by atoms with van der Waals surface area (Å²) in [6.07, 6.45) is 0.829. The average Bonchev–Trinajstić information content (AvgIpc) is 3.12. The van der Waals surface area contributed by atoms with Gasteiger partial charge in [-0.15, -0.1) is 0 Å². The van der Waals surface area contributed by atoms with Crippen LogP contribution in [0.3, 0.4) is 0 Å². The molecule has 144 valence electrons.